The second-order valence-electron chi connectivity index (χ2n) is 8.37. The zero-order chi connectivity index (χ0) is 24.8. The van der Waals surface area contributed by atoms with E-state index >= 15 is 0 Å². The molecule has 0 aliphatic heterocycles. The summed E-state index contributed by atoms with van der Waals surface area (Å²) in [6.07, 6.45) is 3.86. The monoisotopic (exact) mass is 476 g/mol. The lowest BCUT2D eigenvalue weighted by Gasteiger charge is -2.27. The fourth-order valence-corrected chi connectivity index (χ4v) is 3.82. The maximum atomic E-state index is 12.3. The van der Waals surface area contributed by atoms with Gasteiger partial charge in [0, 0.05) is 6.54 Å². The van der Waals surface area contributed by atoms with Crippen molar-refractivity contribution >= 4 is 23.9 Å². The molecule has 1 aromatic carbocycles. The molecule has 0 heterocycles. The molecule has 10 heteroatoms. The Bertz CT molecular complexity index is 811. The minimum atomic E-state index is -1.00. The molecule has 0 aromatic heterocycles. The van der Waals surface area contributed by atoms with Gasteiger partial charge in [0.25, 0.3) is 0 Å². The first kappa shape index (κ1) is 27.1. The van der Waals surface area contributed by atoms with E-state index in [9.17, 15) is 19.2 Å². The van der Waals surface area contributed by atoms with Crippen molar-refractivity contribution in [1.82, 2.24) is 16.0 Å². The van der Waals surface area contributed by atoms with Gasteiger partial charge in [0.2, 0.25) is 11.8 Å². The smallest absolute Gasteiger partial charge is 0.407 e. The molecule has 34 heavy (non-hydrogen) atoms. The van der Waals surface area contributed by atoms with Crippen LogP contribution >= 0.6 is 0 Å². The zero-order valence-electron chi connectivity index (χ0n) is 19.8. The van der Waals surface area contributed by atoms with Crippen LogP contribution in [0.15, 0.2) is 30.3 Å². The van der Waals surface area contributed by atoms with Gasteiger partial charge in [0.15, 0.2) is 0 Å². The average Bonchev–Trinajstić information content (AvgIpc) is 3.31. The Morgan fingerprint density at radius 3 is 2.41 bits per heavy atom. The normalized spacial score (nSPS) is 15.1. The van der Waals surface area contributed by atoms with Crippen LogP contribution in [0.5, 0.6) is 0 Å². The number of carbonyl (C=O) groups is 4. The van der Waals surface area contributed by atoms with Crippen molar-refractivity contribution in [3.8, 4) is 0 Å². The summed E-state index contributed by atoms with van der Waals surface area (Å²) < 4.78 is 10.2. The molecule has 1 atom stereocenters. The van der Waals surface area contributed by atoms with Gasteiger partial charge in [-0.05, 0) is 44.6 Å². The van der Waals surface area contributed by atoms with E-state index in [-0.39, 0.29) is 19.8 Å². The molecule has 0 spiro atoms. The van der Waals surface area contributed by atoms with E-state index in [0.29, 0.717) is 38.6 Å². The van der Waals surface area contributed by atoms with Gasteiger partial charge in [-0.3, -0.25) is 9.59 Å². The Labute approximate surface area is 200 Å². The molecule has 188 valence electrons. The molecule has 1 aliphatic carbocycles. The van der Waals surface area contributed by atoms with E-state index in [2.05, 4.69) is 16.0 Å². The summed E-state index contributed by atoms with van der Waals surface area (Å²) in [5.74, 6) is -1.32. The number of unbranched alkanes of at least 4 members (excludes halogenated alkanes) is 1. The lowest BCUT2D eigenvalue weighted by Crippen LogP contribution is -2.56. The van der Waals surface area contributed by atoms with E-state index in [1.54, 1.807) is 6.92 Å². The molecular weight excluding hydrogens is 440 g/mol. The molecule has 2 rings (SSSR count). The Balaban J connectivity index is 1.58. The van der Waals surface area contributed by atoms with Gasteiger partial charge in [-0.25, -0.2) is 9.59 Å². The van der Waals surface area contributed by atoms with Gasteiger partial charge < -0.3 is 31.2 Å². The molecule has 0 radical (unpaired) electrons. The number of ether oxygens (including phenoxy) is 2. The number of nitrogens with two attached hydrogens (primary N) is 1. The highest BCUT2D eigenvalue weighted by Crippen LogP contribution is 2.30. The fraction of sp³-hybridized carbons (Fsp3) is 0.583. The number of benzene rings is 1. The first-order chi connectivity index (χ1) is 16.4. The van der Waals surface area contributed by atoms with E-state index in [0.717, 1.165) is 18.4 Å². The number of amides is 3. The quantitative estimate of drug-likeness (QED) is 0.249. The van der Waals surface area contributed by atoms with E-state index in [1.165, 1.54) is 0 Å². The SMILES string of the molecule is CCOC(=O)C1(NC(=O)CNC(=O)[C@@H](N)CCCCNC(=O)OCc2ccccc2)CCCC1. The van der Waals surface area contributed by atoms with Gasteiger partial charge in [-0.1, -0.05) is 43.2 Å². The first-order valence-electron chi connectivity index (χ1n) is 11.8. The average molecular weight is 477 g/mol. The van der Waals surface area contributed by atoms with Crippen LogP contribution < -0.4 is 21.7 Å². The summed E-state index contributed by atoms with van der Waals surface area (Å²) in [7, 11) is 0. The summed E-state index contributed by atoms with van der Waals surface area (Å²) in [6.45, 7) is 2.30. The lowest BCUT2D eigenvalue weighted by molar-refractivity contribution is -0.153. The Kier molecular flexibility index (Phi) is 11.3. The van der Waals surface area contributed by atoms with Crippen molar-refractivity contribution in [3.05, 3.63) is 35.9 Å². The van der Waals surface area contributed by atoms with Crippen LogP contribution in [-0.4, -0.2) is 55.2 Å². The van der Waals surface area contributed by atoms with Crippen LogP contribution in [-0.2, 0) is 30.5 Å². The second kappa shape index (κ2) is 14.2. The van der Waals surface area contributed by atoms with Crippen LogP contribution in [0.2, 0.25) is 0 Å². The number of hydrogen-bond donors (Lipinski definition) is 4. The van der Waals surface area contributed by atoms with Crippen molar-refractivity contribution in [2.24, 2.45) is 5.73 Å². The number of alkyl carbamates (subject to hydrolysis) is 1. The van der Waals surface area contributed by atoms with Crippen molar-refractivity contribution in [2.75, 3.05) is 19.7 Å². The molecule has 3 amide bonds. The third-order valence-corrected chi connectivity index (χ3v) is 5.69. The Hall–Kier alpha value is -3.14. The minimum Gasteiger partial charge on any atom is -0.464 e. The molecule has 1 fully saturated rings. The largest absolute Gasteiger partial charge is 0.464 e. The van der Waals surface area contributed by atoms with Crippen LogP contribution in [0.25, 0.3) is 0 Å². The van der Waals surface area contributed by atoms with Crippen molar-refractivity contribution < 1.29 is 28.7 Å². The summed E-state index contributed by atoms with van der Waals surface area (Å²) in [6, 6.07) is 8.60. The highest BCUT2D eigenvalue weighted by Gasteiger charge is 2.43. The van der Waals surface area contributed by atoms with Gasteiger partial charge in [0.1, 0.15) is 12.1 Å². The lowest BCUT2D eigenvalue weighted by atomic mass is 9.97. The number of hydrogen-bond acceptors (Lipinski definition) is 7. The van der Waals surface area contributed by atoms with Crippen LogP contribution in [0, 0.1) is 0 Å². The summed E-state index contributed by atoms with van der Waals surface area (Å²) in [5, 5.41) is 7.92. The van der Waals surface area contributed by atoms with Gasteiger partial charge in [-0.15, -0.1) is 0 Å². The minimum absolute atomic E-state index is 0.201. The molecule has 1 aromatic rings. The number of carbonyl (C=O) groups excluding carboxylic acids is 4. The highest BCUT2D eigenvalue weighted by molar-refractivity contribution is 5.91. The predicted molar refractivity (Wildman–Crippen MR) is 125 cm³/mol. The van der Waals surface area contributed by atoms with E-state index in [4.69, 9.17) is 15.2 Å². The van der Waals surface area contributed by atoms with Gasteiger partial charge in [0.05, 0.1) is 19.2 Å². The fourth-order valence-electron chi connectivity index (χ4n) is 3.82. The third kappa shape index (κ3) is 9.01. The maximum absolute atomic E-state index is 12.3. The molecule has 0 unspecified atom stereocenters. The van der Waals surface area contributed by atoms with Gasteiger partial charge >= 0.3 is 12.1 Å². The molecule has 0 saturated heterocycles. The van der Waals surface area contributed by atoms with E-state index < -0.39 is 35.5 Å². The molecule has 10 nitrogen and oxygen atoms in total. The van der Waals surface area contributed by atoms with Crippen LogP contribution in [0.4, 0.5) is 4.79 Å². The van der Waals surface area contributed by atoms with E-state index in [1.807, 2.05) is 30.3 Å². The second-order valence-corrected chi connectivity index (χ2v) is 8.37. The Morgan fingerprint density at radius 1 is 1.03 bits per heavy atom. The highest BCUT2D eigenvalue weighted by atomic mass is 16.5. The summed E-state index contributed by atoms with van der Waals surface area (Å²) in [5.41, 5.74) is 5.81. The molecule has 1 saturated carbocycles. The van der Waals surface area contributed by atoms with Crippen molar-refractivity contribution in [2.45, 2.75) is 70.1 Å². The maximum Gasteiger partial charge on any atom is 0.407 e. The first-order valence-corrected chi connectivity index (χ1v) is 11.8. The van der Waals surface area contributed by atoms with Crippen LogP contribution in [0.3, 0.4) is 0 Å². The molecular formula is C24H36N4O6. The third-order valence-electron chi connectivity index (χ3n) is 5.69. The van der Waals surface area contributed by atoms with Crippen molar-refractivity contribution in [3.63, 3.8) is 0 Å². The predicted octanol–water partition coefficient (Wildman–Crippen LogP) is 1.52. The number of esters is 1. The number of nitrogens with one attached hydrogen (secondary N) is 3. The molecule has 5 N–H and O–H groups in total. The zero-order valence-corrected chi connectivity index (χ0v) is 19.8. The van der Waals surface area contributed by atoms with Crippen LogP contribution in [0.1, 0.15) is 57.4 Å². The topological polar surface area (TPSA) is 149 Å². The van der Waals surface area contributed by atoms with Gasteiger partial charge in [-0.2, -0.15) is 0 Å². The number of rotatable bonds is 13. The molecule has 1 aliphatic rings. The Morgan fingerprint density at radius 2 is 1.74 bits per heavy atom. The standard InChI is InChI=1S/C24H36N4O6/c1-2-33-22(31)24(13-7-8-14-24)28-20(29)16-27-21(30)19(25)12-6-9-15-26-23(32)34-17-18-10-4-3-5-11-18/h3-5,10-11,19H,2,6-9,12-17,25H2,1H3,(H,26,32)(H,27,30)(H,28,29)/t19-/m0/s1. The summed E-state index contributed by atoms with van der Waals surface area (Å²) in [4.78, 5) is 48.5. The molecule has 0 bridgehead atoms. The van der Waals surface area contributed by atoms with Crippen molar-refractivity contribution in [1.29, 1.82) is 0 Å². The summed E-state index contributed by atoms with van der Waals surface area (Å²) >= 11 is 0.